The van der Waals surface area contributed by atoms with Crippen molar-refractivity contribution in [3.05, 3.63) is 47.3 Å². The van der Waals surface area contributed by atoms with Crippen molar-refractivity contribution in [1.29, 1.82) is 0 Å². The van der Waals surface area contributed by atoms with Crippen molar-refractivity contribution < 1.29 is 4.42 Å². The van der Waals surface area contributed by atoms with E-state index in [2.05, 4.69) is 31.2 Å². The fraction of sp³-hybridized carbons (Fsp3) is 0.0769. The first kappa shape index (κ1) is 8.74. The average molecular weight is 214 g/mol. The second-order valence-corrected chi connectivity index (χ2v) is 4.85. The van der Waals surface area contributed by atoms with Crippen molar-refractivity contribution in [1.82, 2.24) is 0 Å². The van der Waals surface area contributed by atoms with E-state index >= 15 is 0 Å². The normalized spacial score (nSPS) is 11.0. The third kappa shape index (κ3) is 1.47. The van der Waals surface area contributed by atoms with Crippen LogP contribution in [0.25, 0.3) is 21.6 Å². The van der Waals surface area contributed by atoms with Crippen LogP contribution in [0.1, 0.15) is 4.88 Å². The Kier molecular flexibility index (Phi) is 1.89. The van der Waals surface area contributed by atoms with Crippen LogP contribution in [0.3, 0.4) is 0 Å². The van der Waals surface area contributed by atoms with Crippen LogP contribution in [0.4, 0.5) is 0 Å². The Morgan fingerprint density at radius 2 is 1.93 bits per heavy atom. The molecular formula is C13H10OS. The van der Waals surface area contributed by atoms with Gasteiger partial charge in [0.1, 0.15) is 11.3 Å². The van der Waals surface area contributed by atoms with Gasteiger partial charge in [0.25, 0.3) is 0 Å². The molecule has 0 saturated carbocycles. The van der Waals surface area contributed by atoms with Gasteiger partial charge in [0.2, 0.25) is 0 Å². The second kappa shape index (κ2) is 3.24. The third-order valence-electron chi connectivity index (χ3n) is 2.41. The molecule has 0 aliphatic carbocycles. The van der Waals surface area contributed by atoms with Crippen molar-refractivity contribution in [2.45, 2.75) is 6.92 Å². The van der Waals surface area contributed by atoms with E-state index in [1.165, 1.54) is 15.1 Å². The van der Waals surface area contributed by atoms with Crippen LogP contribution in [0.5, 0.6) is 0 Å². The number of aryl methyl sites for hydroxylation is 1. The third-order valence-corrected chi connectivity index (χ3v) is 3.42. The number of benzene rings is 1. The van der Waals surface area contributed by atoms with Crippen molar-refractivity contribution in [2.24, 2.45) is 0 Å². The van der Waals surface area contributed by atoms with Gasteiger partial charge < -0.3 is 4.42 Å². The first-order valence-electron chi connectivity index (χ1n) is 4.88. The van der Waals surface area contributed by atoms with Gasteiger partial charge in [0.15, 0.2) is 0 Å². The molecule has 0 bridgehead atoms. The van der Waals surface area contributed by atoms with E-state index in [1.54, 1.807) is 11.3 Å². The first-order chi connectivity index (χ1) is 7.33. The molecule has 3 aromatic rings. The van der Waals surface area contributed by atoms with Crippen molar-refractivity contribution in [3.8, 4) is 10.6 Å². The molecule has 0 fully saturated rings. The van der Waals surface area contributed by atoms with Gasteiger partial charge in [-0.1, -0.05) is 18.2 Å². The van der Waals surface area contributed by atoms with E-state index in [9.17, 15) is 0 Å². The molecule has 2 heterocycles. The van der Waals surface area contributed by atoms with Crippen molar-refractivity contribution >= 4 is 22.3 Å². The van der Waals surface area contributed by atoms with Crippen LogP contribution in [0.2, 0.25) is 0 Å². The Bertz CT molecular complexity index is 571. The number of furan rings is 1. The highest BCUT2D eigenvalue weighted by molar-refractivity contribution is 7.15. The summed E-state index contributed by atoms with van der Waals surface area (Å²) in [6, 6.07) is 14.4. The maximum Gasteiger partial charge on any atom is 0.145 e. The lowest BCUT2D eigenvalue weighted by molar-refractivity contribution is 0.633. The molecule has 74 valence electrons. The van der Waals surface area contributed by atoms with Crippen LogP contribution in [0.15, 0.2) is 46.9 Å². The molecule has 0 unspecified atom stereocenters. The molecule has 0 radical (unpaired) electrons. The highest BCUT2D eigenvalue weighted by atomic mass is 32.1. The maximum atomic E-state index is 5.78. The van der Waals surface area contributed by atoms with Gasteiger partial charge in [-0.25, -0.2) is 0 Å². The number of para-hydroxylation sites is 1. The molecule has 1 nitrogen and oxygen atoms in total. The van der Waals surface area contributed by atoms with Gasteiger partial charge in [-0.3, -0.25) is 0 Å². The molecule has 15 heavy (non-hydrogen) atoms. The minimum absolute atomic E-state index is 0.957. The molecular weight excluding hydrogens is 204 g/mol. The monoisotopic (exact) mass is 214 g/mol. The van der Waals surface area contributed by atoms with Crippen LogP contribution in [-0.4, -0.2) is 0 Å². The SMILES string of the molecule is Cc1ccc(-c2cc3ccccc3o2)s1. The fourth-order valence-corrected chi connectivity index (χ4v) is 2.49. The predicted molar refractivity (Wildman–Crippen MR) is 64.3 cm³/mol. The number of thiophene rings is 1. The zero-order valence-electron chi connectivity index (χ0n) is 8.36. The zero-order valence-corrected chi connectivity index (χ0v) is 9.17. The zero-order chi connectivity index (χ0) is 10.3. The lowest BCUT2D eigenvalue weighted by Crippen LogP contribution is -1.59. The lowest BCUT2D eigenvalue weighted by Gasteiger charge is -1.87. The largest absolute Gasteiger partial charge is 0.455 e. The van der Waals surface area contributed by atoms with E-state index in [1.807, 2.05) is 18.2 Å². The number of fused-ring (bicyclic) bond motifs is 1. The van der Waals surface area contributed by atoms with Gasteiger partial charge >= 0.3 is 0 Å². The summed E-state index contributed by atoms with van der Waals surface area (Å²) in [5.41, 5.74) is 0.957. The molecule has 1 aromatic carbocycles. The second-order valence-electron chi connectivity index (χ2n) is 3.56. The van der Waals surface area contributed by atoms with Gasteiger partial charge in [-0.05, 0) is 31.2 Å². The molecule has 0 amide bonds. The minimum Gasteiger partial charge on any atom is -0.455 e. The molecule has 0 aliphatic heterocycles. The fourth-order valence-electron chi connectivity index (χ4n) is 1.67. The van der Waals surface area contributed by atoms with Crippen molar-refractivity contribution in [2.75, 3.05) is 0 Å². The molecule has 2 heteroatoms. The van der Waals surface area contributed by atoms with Crippen LogP contribution in [0, 0.1) is 6.92 Å². The van der Waals surface area contributed by atoms with E-state index in [0.717, 1.165) is 11.3 Å². The molecule has 0 N–H and O–H groups in total. The Labute approximate surface area is 92.0 Å². The molecule has 0 aliphatic rings. The van der Waals surface area contributed by atoms with E-state index in [4.69, 9.17) is 4.42 Å². The summed E-state index contributed by atoms with van der Waals surface area (Å²) in [6.07, 6.45) is 0. The quantitative estimate of drug-likeness (QED) is 0.582. The predicted octanol–water partition coefficient (Wildman–Crippen LogP) is 4.47. The minimum atomic E-state index is 0.957. The van der Waals surface area contributed by atoms with Crippen LogP contribution in [-0.2, 0) is 0 Å². The number of rotatable bonds is 1. The number of hydrogen-bond acceptors (Lipinski definition) is 2. The highest BCUT2D eigenvalue weighted by Gasteiger charge is 2.06. The van der Waals surface area contributed by atoms with Gasteiger partial charge in [0.05, 0.1) is 4.88 Å². The lowest BCUT2D eigenvalue weighted by atomic mass is 10.2. The van der Waals surface area contributed by atoms with Gasteiger partial charge in [0, 0.05) is 10.3 Å². The highest BCUT2D eigenvalue weighted by Crippen LogP contribution is 2.32. The summed E-state index contributed by atoms with van der Waals surface area (Å²) >= 11 is 1.76. The molecule has 0 spiro atoms. The van der Waals surface area contributed by atoms with Crippen LogP contribution < -0.4 is 0 Å². The Morgan fingerprint density at radius 1 is 1.07 bits per heavy atom. The van der Waals surface area contributed by atoms with Crippen molar-refractivity contribution in [3.63, 3.8) is 0 Å². The summed E-state index contributed by atoms with van der Waals surface area (Å²) in [4.78, 5) is 2.51. The van der Waals surface area contributed by atoms with Crippen LogP contribution >= 0.6 is 11.3 Å². The topological polar surface area (TPSA) is 13.1 Å². The van der Waals surface area contributed by atoms with Gasteiger partial charge in [-0.15, -0.1) is 11.3 Å². The molecule has 3 rings (SSSR count). The Morgan fingerprint density at radius 3 is 2.67 bits per heavy atom. The number of hydrogen-bond donors (Lipinski definition) is 0. The molecule has 2 aromatic heterocycles. The summed E-state index contributed by atoms with van der Waals surface area (Å²) in [6.45, 7) is 2.11. The maximum absolute atomic E-state index is 5.78. The van der Waals surface area contributed by atoms with Gasteiger partial charge in [-0.2, -0.15) is 0 Å². The Balaban J connectivity index is 2.19. The summed E-state index contributed by atoms with van der Waals surface area (Å²) in [5.74, 6) is 0.967. The standard InChI is InChI=1S/C13H10OS/c1-9-6-7-13(15-9)12-8-10-4-2-3-5-11(10)14-12/h2-8H,1H3. The summed E-state index contributed by atoms with van der Waals surface area (Å²) in [5, 5.41) is 1.17. The van der Waals surface area contributed by atoms with E-state index in [0.29, 0.717) is 0 Å². The summed E-state index contributed by atoms with van der Waals surface area (Å²) in [7, 11) is 0. The van der Waals surface area contributed by atoms with E-state index < -0.39 is 0 Å². The van der Waals surface area contributed by atoms with E-state index in [-0.39, 0.29) is 0 Å². The molecule has 0 saturated heterocycles. The Hall–Kier alpha value is -1.54. The average Bonchev–Trinajstić information content (AvgIpc) is 2.82. The first-order valence-corrected chi connectivity index (χ1v) is 5.70. The summed E-state index contributed by atoms with van der Waals surface area (Å²) < 4.78 is 5.78. The smallest absolute Gasteiger partial charge is 0.145 e. The molecule has 0 atom stereocenters.